The van der Waals surface area contributed by atoms with Gasteiger partial charge in [-0.2, -0.15) is 12.6 Å². The minimum Gasteiger partial charge on any atom is -0.385 e. The number of ether oxygens (including phenoxy) is 1. The molecule has 102 valence electrons. The molecule has 2 nitrogen and oxygen atoms in total. The van der Waals surface area contributed by atoms with E-state index in [1.54, 1.807) is 7.11 Å². The molecule has 0 N–H and O–H groups in total. The van der Waals surface area contributed by atoms with Crippen molar-refractivity contribution in [1.29, 1.82) is 0 Å². The third-order valence-electron chi connectivity index (χ3n) is 3.99. The summed E-state index contributed by atoms with van der Waals surface area (Å²) in [7, 11) is 4.02. The Morgan fingerprint density at radius 2 is 1.82 bits per heavy atom. The van der Waals surface area contributed by atoms with Crippen LogP contribution in [0, 0.1) is 5.41 Å². The second kappa shape index (κ2) is 8.39. The van der Waals surface area contributed by atoms with Crippen LogP contribution >= 0.6 is 12.6 Å². The van der Waals surface area contributed by atoms with E-state index in [0.717, 1.165) is 25.3 Å². The predicted molar refractivity (Wildman–Crippen MR) is 78.0 cm³/mol. The standard InChI is InChI=1S/C14H29NOS/c1-15(10-7-11-16-2)12-14(13-17)8-5-3-4-6-9-14/h17H,3-13H2,1-2H3. The normalized spacial score (nSPS) is 20.5. The number of hydrogen-bond donors (Lipinski definition) is 1. The molecule has 0 saturated heterocycles. The maximum atomic E-state index is 5.11. The van der Waals surface area contributed by atoms with Crippen LogP contribution in [0.15, 0.2) is 0 Å². The summed E-state index contributed by atoms with van der Waals surface area (Å²) < 4.78 is 5.11. The third-order valence-corrected chi connectivity index (χ3v) is 4.66. The lowest BCUT2D eigenvalue weighted by Gasteiger charge is -2.35. The Morgan fingerprint density at radius 1 is 1.18 bits per heavy atom. The second-order valence-electron chi connectivity index (χ2n) is 5.66. The fourth-order valence-electron chi connectivity index (χ4n) is 2.98. The van der Waals surface area contributed by atoms with Gasteiger partial charge < -0.3 is 9.64 Å². The molecule has 1 saturated carbocycles. The molecule has 0 amide bonds. The highest BCUT2D eigenvalue weighted by molar-refractivity contribution is 7.80. The van der Waals surface area contributed by atoms with Crippen LogP contribution in [0.4, 0.5) is 0 Å². The van der Waals surface area contributed by atoms with Crippen molar-refractivity contribution in [2.45, 2.75) is 44.9 Å². The zero-order valence-corrected chi connectivity index (χ0v) is 12.5. The molecule has 0 aromatic carbocycles. The van der Waals surface area contributed by atoms with Gasteiger partial charge in [0.15, 0.2) is 0 Å². The van der Waals surface area contributed by atoms with E-state index in [4.69, 9.17) is 4.74 Å². The van der Waals surface area contributed by atoms with Crippen molar-refractivity contribution in [3.63, 3.8) is 0 Å². The van der Waals surface area contributed by atoms with E-state index in [9.17, 15) is 0 Å². The van der Waals surface area contributed by atoms with Crippen molar-refractivity contribution >= 4 is 12.6 Å². The number of hydrogen-bond acceptors (Lipinski definition) is 3. The average molecular weight is 259 g/mol. The van der Waals surface area contributed by atoms with E-state index in [1.807, 2.05) is 0 Å². The van der Waals surface area contributed by atoms with E-state index in [2.05, 4.69) is 24.6 Å². The van der Waals surface area contributed by atoms with E-state index in [-0.39, 0.29) is 0 Å². The van der Waals surface area contributed by atoms with E-state index < -0.39 is 0 Å². The number of nitrogens with zero attached hydrogens (tertiary/aromatic N) is 1. The Labute approximate surface area is 113 Å². The van der Waals surface area contributed by atoms with Crippen molar-refractivity contribution in [2.24, 2.45) is 5.41 Å². The molecular weight excluding hydrogens is 230 g/mol. The first-order chi connectivity index (χ1) is 8.22. The van der Waals surface area contributed by atoms with Crippen LogP contribution in [0.25, 0.3) is 0 Å². The number of rotatable bonds is 7. The van der Waals surface area contributed by atoms with Crippen LogP contribution in [0.3, 0.4) is 0 Å². The van der Waals surface area contributed by atoms with Crippen LogP contribution in [-0.2, 0) is 4.74 Å². The minimum absolute atomic E-state index is 0.474. The summed E-state index contributed by atoms with van der Waals surface area (Å²) in [6.07, 6.45) is 9.50. The highest BCUT2D eigenvalue weighted by atomic mass is 32.1. The summed E-state index contributed by atoms with van der Waals surface area (Å²) in [4.78, 5) is 2.47. The van der Waals surface area contributed by atoms with Gasteiger partial charge in [-0.3, -0.25) is 0 Å². The molecule has 0 heterocycles. The smallest absolute Gasteiger partial charge is 0.0474 e. The summed E-state index contributed by atoms with van der Waals surface area (Å²) in [6.45, 7) is 3.22. The molecule has 1 aliphatic carbocycles. The fraction of sp³-hybridized carbons (Fsp3) is 1.00. The van der Waals surface area contributed by atoms with Crippen molar-refractivity contribution < 1.29 is 4.74 Å². The highest BCUT2D eigenvalue weighted by Crippen LogP contribution is 2.36. The number of thiol groups is 1. The molecule has 0 aromatic heterocycles. The van der Waals surface area contributed by atoms with Gasteiger partial charge in [-0.05, 0) is 37.5 Å². The summed E-state index contributed by atoms with van der Waals surface area (Å²) in [5.41, 5.74) is 0.474. The van der Waals surface area contributed by atoms with Gasteiger partial charge >= 0.3 is 0 Å². The van der Waals surface area contributed by atoms with Gasteiger partial charge in [0, 0.05) is 26.8 Å². The predicted octanol–water partition coefficient (Wildman–Crippen LogP) is 3.23. The monoisotopic (exact) mass is 259 g/mol. The quantitative estimate of drug-likeness (QED) is 0.428. The van der Waals surface area contributed by atoms with Crippen LogP contribution < -0.4 is 0 Å². The largest absolute Gasteiger partial charge is 0.385 e. The Bertz CT molecular complexity index is 191. The van der Waals surface area contributed by atoms with E-state index in [1.165, 1.54) is 45.1 Å². The van der Waals surface area contributed by atoms with E-state index in [0.29, 0.717) is 5.41 Å². The zero-order valence-electron chi connectivity index (χ0n) is 11.6. The topological polar surface area (TPSA) is 12.5 Å². The molecule has 0 atom stereocenters. The lowest BCUT2D eigenvalue weighted by Crippen LogP contribution is -2.37. The molecule has 17 heavy (non-hydrogen) atoms. The molecule has 0 radical (unpaired) electrons. The SMILES string of the molecule is COCCCN(C)CC1(CS)CCCCCC1. The molecule has 0 unspecified atom stereocenters. The molecular formula is C14H29NOS. The molecule has 0 bridgehead atoms. The Balaban J connectivity index is 2.37. The van der Waals surface area contributed by atoms with Crippen molar-refractivity contribution in [3.8, 4) is 0 Å². The van der Waals surface area contributed by atoms with Crippen LogP contribution in [-0.4, -0.2) is 44.5 Å². The van der Waals surface area contributed by atoms with Crippen molar-refractivity contribution in [3.05, 3.63) is 0 Å². The van der Waals surface area contributed by atoms with Gasteiger partial charge in [0.25, 0.3) is 0 Å². The van der Waals surface area contributed by atoms with Gasteiger partial charge in [-0.25, -0.2) is 0 Å². The lowest BCUT2D eigenvalue weighted by atomic mass is 9.82. The zero-order chi connectivity index (χ0) is 12.6. The van der Waals surface area contributed by atoms with Crippen LogP contribution in [0.2, 0.25) is 0 Å². The van der Waals surface area contributed by atoms with E-state index >= 15 is 0 Å². The first kappa shape index (κ1) is 15.3. The lowest BCUT2D eigenvalue weighted by molar-refractivity contribution is 0.147. The average Bonchev–Trinajstić information content (AvgIpc) is 2.56. The summed E-state index contributed by atoms with van der Waals surface area (Å²) >= 11 is 4.63. The number of methoxy groups -OCH3 is 1. The van der Waals surface area contributed by atoms with Gasteiger partial charge in [-0.15, -0.1) is 0 Å². The maximum Gasteiger partial charge on any atom is 0.0474 e. The van der Waals surface area contributed by atoms with Crippen molar-refractivity contribution in [2.75, 3.05) is 39.6 Å². The fourth-order valence-corrected chi connectivity index (χ4v) is 3.39. The molecule has 1 aliphatic rings. The second-order valence-corrected chi connectivity index (χ2v) is 5.97. The maximum absolute atomic E-state index is 5.11. The highest BCUT2D eigenvalue weighted by Gasteiger charge is 2.30. The molecule has 1 rings (SSSR count). The first-order valence-electron chi connectivity index (χ1n) is 7.01. The van der Waals surface area contributed by atoms with Crippen molar-refractivity contribution in [1.82, 2.24) is 4.90 Å². The third kappa shape index (κ3) is 5.62. The van der Waals surface area contributed by atoms with Crippen LogP contribution in [0.5, 0.6) is 0 Å². The Kier molecular flexibility index (Phi) is 7.56. The Hall–Kier alpha value is 0.270. The summed E-state index contributed by atoms with van der Waals surface area (Å²) in [6, 6.07) is 0. The molecule has 3 heteroatoms. The molecule has 1 fully saturated rings. The van der Waals surface area contributed by atoms with Crippen LogP contribution in [0.1, 0.15) is 44.9 Å². The minimum atomic E-state index is 0.474. The van der Waals surface area contributed by atoms with Gasteiger partial charge in [-0.1, -0.05) is 25.7 Å². The first-order valence-corrected chi connectivity index (χ1v) is 7.64. The van der Waals surface area contributed by atoms with Gasteiger partial charge in [0.2, 0.25) is 0 Å². The molecule has 0 aliphatic heterocycles. The summed E-state index contributed by atoms with van der Waals surface area (Å²) in [5.74, 6) is 1.04. The van der Waals surface area contributed by atoms with Gasteiger partial charge in [0.05, 0.1) is 0 Å². The van der Waals surface area contributed by atoms with Gasteiger partial charge in [0.1, 0.15) is 0 Å². The summed E-state index contributed by atoms with van der Waals surface area (Å²) in [5, 5.41) is 0. The Morgan fingerprint density at radius 3 is 2.35 bits per heavy atom. The molecule has 0 spiro atoms. The molecule has 0 aromatic rings.